The lowest BCUT2D eigenvalue weighted by Gasteiger charge is -2.49. The van der Waals surface area contributed by atoms with Gasteiger partial charge in [-0.2, -0.15) is 0 Å². The van der Waals surface area contributed by atoms with Crippen molar-refractivity contribution in [2.75, 3.05) is 19.6 Å². The van der Waals surface area contributed by atoms with Gasteiger partial charge in [0.1, 0.15) is 17.9 Å². The second kappa shape index (κ2) is 11.3. The van der Waals surface area contributed by atoms with Crippen LogP contribution in [0.1, 0.15) is 68.5 Å². The van der Waals surface area contributed by atoms with E-state index >= 15 is 0 Å². The summed E-state index contributed by atoms with van der Waals surface area (Å²) in [4.78, 5) is 33.5. The summed E-state index contributed by atoms with van der Waals surface area (Å²) in [7, 11) is 0. The number of carbonyl (C=O) groups is 2. The van der Waals surface area contributed by atoms with E-state index in [9.17, 15) is 9.59 Å². The Labute approximate surface area is 238 Å². The molecule has 2 unspecified atom stereocenters. The summed E-state index contributed by atoms with van der Waals surface area (Å²) in [6, 6.07) is 9.27. The normalized spacial score (nSPS) is 21.2. The van der Waals surface area contributed by atoms with Gasteiger partial charge in [-0.15, -0.1) is 11.3 Å². The van der Waals surface area contributed by atoms with E-state index in [1.807, 2.05) is 31.5 Å². The van der Waals surface area contributed by atoms with Crippen molar-refractivity contribution in [2.24, 2.45) is 5.41 Å². The largest absolute Gasteiger partial charge is 0.472 e. The number of nitrogens with one attached hydrogen (secondary N) is 2. The average molecular weight is 564 g/mol. The number of piperidine rings is 1. The predicted molar refractivity (Wildman–Crippen MR) is 152 cm³/mol. The molecular weight excluding hydrogens is 526 g/mol. The standard InChI is InChI=1S/C30H37N5O4S/c1-19(21-5-7-22(8-6-21)28-20(2)32-18-40-28)33-29(37)25-4-3-13-35(25)27(36)15-23-14-26(34-39-23)38-24-16-30(17-24)9-11-31-12-10-30/h5-8,14,18-19,24-25,31H,3-4,9-13,15-17H2,1-2H3,(H,33,37). The molecule has 1 aromatic carbocycles. The summed E-state index contributed by atoms with van der Waals surface area (Å²) < 4.78 is 11.5. The van der Waals surface area contributed by atoms with Gasteiger partial charge in [-0.3, -0.25) is 9.59 Å². The van der Waals surface area contributed by atoms with Crippen molar-refractivity contribution in [3.8, 4) is 16.3 Å². The van der Waals surface area contributed by atoms with Crippen molar-refractivity contribution in [1.82, 2.24) is 25.7 Å². The van der Waals surface area contributed by atoms with Gasteiger partial charge in [0.25, 0.3) is 5.88 Å². The number of thiazole rings is 1. The van der Waals surface area contributed by atoms with E-state index in [4.69, 9.17) is 9.26 Å². The van der Waals surface area contributed by atoms with Crippen molar-refractivity contribution in [3.63, 3.8) is 0 Å². The van der Waals surface area contributed by atoms with Gasteiger partial charge in [-0.1, -0.05) is 24.3 Å². The molecule has 0 bridgehead atoms. The Morgan fingerprint density at radius 3 is 2.75 bits per heavy atom. The second-order valence-corrected chi connectivity index (χ2v) is 12.4. The molecule has 2 atom stereocenters. The van der Waals surface area contributed by atoms with Gasteiger partial charge in [0, 0.05) is 12.6 Å². The number of aromatic nitrogens is 2. The van der Waals surface area contributed by atoms with E-state index in [2.05, 4.69) is 32.9 Å². The maximum absolute atomic E-state index is 13.2. The number of nitrogens with zero attached hydrogens (tertiary/aromatic N) is 3. The van der Waals surface area contributed by atoms with Gasteiger partial charge >= 0.3 is 0 Å². The van der Waals surface area contributed by atoms with Gasteiger partial charge in [-0.05, 0) is 87.2 Å². The molecule has 3 fully saturated rings. The van der Waals surface area contributed by atoms with Gasteiger partial charge < -0.3 is 24.8 Å². The summed E-state index contributed by atoms with van der Waals surface area (Å²) in [6.45, 7) is 6.70. The number of benzene rings is 1. The first-order valence-electron chi connectivity index (χ1n) is 14.3. The van der Waals surface area contributed by atoms with E-state index in [1.54, 1.807) is 22.3 Å². The van der Waals surface area contributed by atoms with Gasteiger partial charge in [0.15, 0.2) is 0 Å². The Morgan fingerprint density at radius 2 is 2.02 bits per heavy atom. The first-order chi connectivity index (χ1) is 19.4. The second-order valence-electron chi connectivity index (χ2n) is 11.6. The van der Waals surface area contributed by atoms with E-state index < -0.39 is 6.04 Å². The lowest BCUT2D eigenvalue weighted by Crippen LogP contribution is -2.49. The number of likely N-dealkylation sites (tertiary alicyclic amines) is 1. The van der Waals surface area contributed by atoms with Crippen molar-refractivity contribution in [2.45, 2.75) is 77.0 Å². The summed E-state index contributed by atoms with van der Waals surface area (Å²) in [5.74, 6) is 0.651. The molecule has 0 radical (unpaired) electrons. The van der Waals surface area contributed by atoms with Crippen molar-refractivity contribution in [3.05, 3.63) is 52.9 Å². The third-order valence-electron chi connectivity index (χ3n) is 8.79. The van der Waals surface area contributed by atoms with Crippen LogP contribution >= 0.6 is 11.3 Å². The molecular formula is C30H37N5O4S. The molecule has 212 valence electrons. The molecule has 2 amide bonds. The zero-order valence-corrected chi connectivity index (χ0v) is 24.0. The Hall–Kier alpha value is -3.24. The smallest absolute Gasteiger partial charge is 0.254 e. The van der Waals surface area contributed by atoms with Crippen LogP contribution in [-0.4, -0.2) is 58.6 Å². The monoisotopic (exact) mass is 563 g/mol. The lowest BCUT2D eigenvalue weighted by molar-refractivity contribution is -0.138. The lowest BCUT2D eigenvalue weighted by atomic mass is 9.62. The summed E-state index contributed by atoms with van der Waals surface area (Å²) >= 11 is 1.62. The van der Waals surface area contributed by atoms with Crippen LogP contribution in [0.25, 0.3) is 10.4 Å². The molecule has 2 N–H and O–H groups in total. The Balaban J connectivity index is 1.00. The first kappa shape index (κ1) is 27.0. The molecule has 40 heavy (non-hydrogen) atoms. The van der Waals surface area contributed by atoms with Gasteiger partial charge in [0.2, 0.25) is 11.8 Å². The van der Waals surface area contributed by atoms with Crippen molar-refractivity contribution in [1.29, 1.82) is 0 Å². The van der Waals surface area contributed by atoms with Crippen molar-refractivity contribution >= 4 is 23.2 Å². The van der Waals surface area contributed by atoms with Crippen LogP contribution in [0.5, 0.6) is 5.88 Å². The number of hydrogen-bond acceptors (Lipinski definition) is 8. The number of carbonyl (C=O) groups excluding carboxylic acids is 2. The minimum Gasteiger partial charge on any atom is -0.472 e. The molecule has 6 rings (SSSR count). The van der Waals surface area contributed by atoms with Crippen LogP contribution in [-0.2, 0) is 16.0 Å². The van der Waals surface area contributed by atoms with E-state index in [1.165, 1.54) is 12.8 Å². The van der Waals surface area contributed by atoms with Crippen LogP contribution in [0.15, 0.2) is 40.4 Å². The van der Waals surface area contributed by atoms with E-state index in [0.717, 1.165) is 54.0 Å². The Morgan fingerprint density at radius 1 is 1.25 bits per heavy atom. The van der Waals surface area contributed by atoms with Crippen LogP contribution in [0.4, 0.5) is 0 Å². The summed E-state index contributed by atoms with van der Waals surface area (Å²) in [5, 5.41) is 10.6. The van der Waals surface area contributed by atoms with Crippen LogP contribution in [0.2, 0.25) is 0 Å². The molecule has 3 aliphatic rings. The molecule has 1 aliphatic carbocycles. The highest BCUT2D eigenvalue weighted by atomic mass is 32.1. The number of rotatable bonds is 8. The van der Waals surface area contributed by atoms with Gasteiger partial charge in [-0.25, -0.2) is 4.98 Å². The molecule has 4 heterocycles. The molecule has 9 nitrogen and oxygen atoms in total. The highest BCUT2D eigenvalue weighted by Crippen LogP contribution is 2.49. The maximum Gasteiger partial charge on any atom is 0.254 e. The summed E-state index contributed by atoms with van der Waals surface area (Å²) in [5.41, 5.74) is 5.43. The number of ether oxygens (including phenoxy) is 1. The molecule has 2 aromatic heterocycles. The first-order valence-corrected chi connectivity index (χ1v) is 15.2. The van der Waals surface area contributed by atoms with E-state index in [-0.39, 0.29) is 30.4 Å². The quantitative estimate of drug-likeness (QED) is 0.417. The average Bonchev–Trinajstić information content (AvgIpc) is 3.70. The molecule has 2 aliphatic heterocycles. The van der Waals surface area contributed by atoms with E-state index in [0.29, 0.717) is 30.0 Å². The maximum atomic E-state index is 13.2. The third kappa shape index (κ3) is 5.65. The number of aryl methyl sites for hydroxylation is 1. The van der Waals surface area contributed by atoms with Gasteiger partial charge in [0.05, 0.1) is 28.5 Å². The number of amides is 2. The zero-order chi connectivity index (χ0) is 27.7. The van der Waals surface area contributed by atoms with Crippen LogP contribution in [0.3, 0.4) is 0 Å². The number of hydrogen-bond donors (Lipinski definition) is 2. The zero-order valence-electron chi connectivity index (χ0n) is 23.2. The minimum atomic E-state index is -0.483. The topological polar surface area (TPSA) is 110 Å². The molecule has 1 saturated carbocycles. The predicted octanol–water partition coefficient (Wildman–Crippen LogP) is 4.43. The Bertz CT molecular complexity index is 1340. The fraction of sp³-hybridized carbons (Fsp3) is 0.533. The van der Waals surface area contributed by atoms with Crippen molar-refractivity contribution < 1.29 is 18.8 Å². The molecule has 2 saturated heterocycles. The minimum absolute atomic E-state index is 0.0639. The third-order valence-corrected chi connectivity index (χ3v) is 9.77. The highest BCUT2D eigenvalue weighted by Gasteiger charge is 2.46. The highest BCUT2D eigenvalue weighted by molar-refractivity contribution is 7.13. The van der Waals surface area contributed by atoms with Crippen LogP contribution < -0.4 is 15.4 Å². The molecule has 10 heteroatoms. The molecule has 1 spiro atoms. The SMILES string of the molecule is Cc1ncsc1-c1ccc(C(C)NC(=O)C2CCCN2C(=O)Cc2cc(OC3CC4(CCNCC4)C3)no2)cc1. The Kier molecular flexibility index (Phi) is 7.63. The molecule has 3 aromatic rings. The summed E-state index contributed by atoms with van der Waals surface area (Å²) in [6.07, 6.45) is 6.18. The van der Waals surface area contributed by atoms with Crippen LogP contribution in [0, 0.1) is 12.3 Å². The fourth-order valence-corrected chi connectivity index (χ4v) is 7.25. The fourth-order valence-electron chi connectivity index (χ4n) is 6.44.